The molecule has 0 radical (unpaired) electrons. The Kier molecular flexibility index (Phi) is 4.62. The van der Waals surface area contributed by atoms with Gasteiger partial charge in [0.05, 0.1) is 10.5 Å². The first-order valence-electron chi connectivity index (χ1n) is 6.01. The van der Waals surface area contributed by atoms with Gasteiger partial charge in [0.1, 0.15) is 11.9 Å². The predicted octanol–water partition coefficient (Wildman–Crippen LogP) is 1.96. The molecule has 1 aromatic rings. The number of carboxylic acids is 1. The standard InChI is InChI=1S/C13H15FN2O5/c1-13(2,3)10(12(18)19)15-11(17)8-6-7(16(20)21)4-5-9(8)14/h4-6,10H,1-3H3,(H,15,17)(H,18,19)/t10-/m0/s1. The van der Waals surface area contributed by atoms with Crippen molar-refractivity contribution in [1.82, 2.24) is 5.32 Å². The number of carbonyl (C=O) groups is 2. The Balaban J connectivity index is 3.11. The van der Waals surface area contributed by atoms with Crippen molar-refractivity contribution in [2.45, 2.75) is 26.8 Å². The largest absolute Gasteiger partial charge is 0.480 e. The number of nitrogens with zero attached hydrogens (tertiary/aromatic N) is 1. The van der Waals surface area contributed by atoms with E-state index in [-0.39, 0.29) is 0 Å². The third-order valence-corrected chi connectivity index (χ3v) is 2.79. The van der Waals surface area contributed by atoms with Gasteiger partial charge in [-0.2, -0.15) is 0 Å². The SMILES string of the molecule is CC(C)(C)[C@@H](NC(=O)c1cc([N+](=O)[O-])ccc1F)C(=O)O. The molecule has 0 aliphatic rings. The maximum Gasteiger partial charge on any atom is 0.326 e. The molecule has 0 saturated heterocycles. The number of nitro groups is 1. The molecular formula is C13H15FN2O5. The number of amides is 1. The van der Waals surface area contributed by atoms with Crippen LogP contribution in [0.1, 0.15) is 31.1 Å². The van der Waals surface area contributed by atoms with Gasteiger partial charge in [0.15, 0.2) is 0 Å². The molecule has 1 rings (SSSR count). The molecule has 0 aliphatic carbocycles. The monoisotopic (exact) mass is 298 g/mol. The number of benzene rings is 1. The second-order valence-corrected chi connectivity index (χ2v) is 5.53. The van der Waals surface area contributed by atoms with Crippen molar-refractivity contribution in [1.29, 1.82) is 0 Å². The van der Waals surface area contributed by atoms with Gasteiger partial charge in [0, 0.05) is 12.1 Å². The topological polar surface area (TPSA) is 110 Å². The Morgan fingerprint density at radius 3 is 2.38 bits per heavy atom. The summed E-state index contributed by atoms with van der Waals surface area (Å²) in [5, 5.41) is 21.9. The van der Waals surface area contributed by atoms with Crippen LogP contribution in [0.25, 0.3) is 0 Å². The maximum atomic E-state index is 13.6. The van der Waals surface area contributed by atoms with Crippen LogP contribution in [0.15, 0.2) is 18.2 Å². The zero-order valence-corrected chi connectivity index (χ0v) is 11.7. The summed E-state index contributed by atoms with van der Waals surface area (Å²) in [6.07, 6.45) is 0. The molecule has 21 heavy (non-hydrogen) atoms. The van der Waals surface area contributed by atoms with E-state index >= 15 is 0 Å². The summed E-state index contributed by atoms with van der Waals surface area (Å²) in [4.78, 5) is 33.0. The van der Waals surface area contributed by atoms with E-state index in [1.165, 1.54) is 0 Å². The van der Waals surface area contributed by atoms with Gasteiger partial charge < -0.3 is 10.4 Å². The van der Waals surface area contributed by atoms with Gasteiger partial charge in [-0.3, -0.25) is 14.9 Å². The van der Waals surface area contributed by atoms with Crippen LogP contribution in [0.3, 0.4) is 0 Å². The van der Waals surface area contributed by atoms with Crippen LogP contribution >= 0.6 is 0 Å². The number of nitrogens with one attached hydrogen (secondary N) is 1. The van der Waals surface area contributed by atoms with Crippen molar-refractivity contribution in [2.24, 2.45) is 5.41 Å². The molecule has 8 heteroatoms. The number of non-ortho nitro benzene ring substituents is 1. The summed E-state index contributed by atoms with van der Waals surface area (Å²) in [6.45, 7) is 4.78. The van der Waals surface area contributed by atoms with Gasteiger partial charge in [-0.1, -0.05) is 20.8 Å². The van der Waals surface area contributed by atoms with Crippen molar-refractivity contribution in [3.8, 4) is 0 Å². The summed E-state index contributed by atoms with van der Waals surface area (Å²) in [7, 11) is 0. The van der Waals surface area contributed by atoms with Gasteiger partial charge in [-0.15, -0.1) is 0 Å². The highest BCUT2D eigenvalue weighted by Gasteiger charge is 2.33. The van der Waals surface area contributed by atoms with Crippen LogP contribution in [-0.2, 0) is 4.79 Å². The van der Waals surface area contributed by atoms with E-state index in [1.807, 2.05) is 0 Å². The minimum absolute atomic E-state index is 0.454. The molecule has 2 N–H and O–H groups in total. The average molecular weight is 298 g/mol. The molecule has 0 fully saturated rings. The minimum atomic E-state index is -1.28. The minimum Gasteiger partial charge on any atom is -0.480 e. The highest BCUT2D eigenvalue weighted by atomic mass is 19.1. The van der Waals surface area contributed by atoms with E-state index in [9.17, 15) is 24.1 Å². The van der Waals surface area contributed by atoms with Crippen molar-refractivity contribution < 1.29 is 24.0 Å². The normalized spacial score (nSPS) is 12.6. The number of halogens is 1. The quantitative estimate of drug-likeness (QED) is 0.652. The fourth-order valence-electron chi connectivity index (χ4n) is 1.66. The summed E-state index contributed by atoms with van der Waals surface area (Å²) in [6, 6.07) is 1.22. The number of nitro benzene ring substituents is 1. The van der Waals surface area contributed by atoms with Crippen LogP contribution in [0.4, 0.5) is 10.1 Å². The van der Waals surface area contributed by atoms with E-state index in [0.717, 1.165) is 18.2 Å². The molecule has 1 amide bonds. The number of carboxylic acid groups (broad SMARTS) is 1. The number of aliphatic carboxylic acids is 1. The first-order chi connectivity index (χ1) is 9.54. The van der Waals surface area contributed by atoms with E-state index in [0.29, 0.717) is 0 Å². The Morgan fingerprint density at radius 2 is 1.95 bits per heavy atom. The van der Waals surface area contributed by atoms with Crippen molar-refractivity contribution in [3.63, 3.8) is 0 Å². The molecule has 0 bridgehead atoms. The predicted molar refractivity (Wildman–Crippen MR) is 71.4 cm³/mol. The maximum absolute atomic E-state index is 13.6. The number of hydrogen-bond donors (Lipinski definition) is 2. The van der Waals surface area contributed by atoms with Crippen LogP contribution in [-0.4, -0.2) is 27.9 Å². The Morgan fingerprint density at radius 1 is 1.38 bits per heavy atom. The Hall–Kier alpha value is -2.51. The Labute approximate surface area is 119 Å². The first-order valence-corrected chi connectivity index (χ1v) is 6.01. The molecule has 0 spiro atoms. The molecule has 1 atom stereocenters. The van der Waals surface area contributed by atoms with Crippen LogP contribution in [0, 0.1) is 21.3 Å². The van der Waals surface area contributed by atoms with E-state index < -0.39 is 45.3 Å². The molecule has 0 unspecified atom stereocenters. The van der Waals surface area contributed by atoms with E-state index in [2.05, 4.69) is 5.32 Å². The lowest BCUT2D eigenvalue weighted by Crippen LogP contribution is -2.49. The van der Waals surface area contributed by atoms with Gasteiger partial charge in [0.25, 0.3) is 11.6 Å². The summed E-state index contributed by atoms with van der Waals surface area (Å²) in [5.41, 5.74) is -1.83. The van der Waals surface area contributed by atoms with Gasteiger partial charge in [0.2, 0.25) is 0 Å². The lowest BCUT2D eigenvalue weighted by molar-refractivity contribution is -0.384. The lowest BCUT2D eigenvalue weighted by Gasteiger charge is -2.27. The second kappa shape index (κ2) is 5.86. The average Bonchev–Trinajstić information content (AvgIpc) is 2.33. The smallest absolute Gasteiger partial charge is 0.326 e. The first kappa shape index (κ1) is 16.5. The number of carbonyl (C=O) groups excluding carboxylic acids is 1. The van der Waals surface area contributed by atoms with Gasteiger partial charge in [-0.05, 0) is 11.5 Å². The van der Waals surface area contributed by atoms with Gasteiger partial charge in [-0.25, -0.2) is 9.18 Å². The van der Waals surface area contributed by atoms with Crippen molar-refractivity contribution in [3.05, 3.63) is 39.7 Å². The molecule has 0 aromatic heterocycles. The fraction of sp³-hybridized carbons (Fsp3) is 0.385. The molecule has 1 aromatic carbocycles. The molecule has 114 valence electrons. The van der Waals surface area contributed by atoms with Crippen LogP contribution in [0.5, 0.6) is 0 Å². The zero-order valence-electron chi connectivity index (χ0n) is 11.7. The molecule has 0 aliphatic heterocycles. The Bertz CT molecular complexity index is 595. The van der Waals surface area contributed by atoms with Gasteiger partial charge >= 0.3 is 5.97 Å². The lowest BCUT2D eigenvalue weighted by atomic mass is 9.86. The second-order valence-electron chi connectivity index (χ2n) is 5.53. The van der Waals surface area contributed by atoms with Crippen molar-refractivity contribution >= 4 is 17.6 Å². The van der Waals surface area contributed by atoms with Crippen molar-refractivity contribution in [2.75, 3.05) is 0 Å². The van der Waals surface area contributed by atoms with Crippen LogP contribution in [0.2, 0.25) is 0 Å². The summed E-state index contributed by atoms with van der Waals surface area (Å²) in [5.74, 6) is -3.25. The highest BCUT2D eigenvalue weighted by Crippen LogP contribution is 2.21. The number of hydrogen-bond acceptors (Lipinski definition) is 4. The summed E-state index contributed by atoms with van der Waals surface area (Å²) >= 11 is 0. The number of rotatable bonds is 4. The van der Waals surface area contributed by atoms with Crippen LogP contribution < -0.4 is 5.32 Å². The third-order valence-electron chi connectivity index (χ3n) is 2.79. The summed E-state index contributed by atoms with van der Waals surface area (Å²) < 4.78 is 13.6. The zero-order chi connectivity index (χ0) is 16.4. The molecule has 0 saturated carbocycles. The molecule has 0 heterocycles. The van der Waals surface area contributed by atoms with E-state index in [1.54, 1.807) is 20.8 Å². The fourth-order valence-corrected chi connectivity index (χ4v) is 1.66. The molecular weight excluding hydrogens is 283 g/mol. The van der Waals surface area contributed by atoms with E-state index in [4.69, 9.17) is 5.11 Å². The highest BCUT2D eigenvalue weighted by molar-refractivity contribution is 5.97. The third kappa shape index (κ3) is 3.98. The molecule has 7 nitrogen and oxygen atoms in total.